The number of benzene rings is 1. The van der Waals surface area contributed by atoms with Gasteiger partial charge in [0.1, 0.15) is 10.6 Å². The van der Waals surface area contributed by atoms with E-state index in [2.05, 4.69) is 44.8 Å². The highest BCUT2D eigenvalue weighted by Crippen LogP contribution is 2.27. The number of imidazole rings is 2. The number of fused-ring (bicyclic) bond motifs is 1. The van der Waals surface area contributed by atoms with E-state index in [-0.39, 0.29) is 28.0 Å². The number of thiazole rings is 1. The van der Waals surface area contributed by atoms with Crippen LogP contribution < -0.4 is 0 Å². The fourth-order valence-corrected chi connectivity index (χ4v) is 4.42. The van der Waals surface area contributed by atoms with Crippen molar-refractivity contribution in [3.8, 4) is 0 Å². The number of H-pyrrole nitrogens is 2. The fourth-order valence-electron chi connectivity index (χ4n) is 3.69. The molecule has 7 nitrogen and oxygen atoms in total. The van der Waals surface area contributed by atoms with Crippen molar-refractivity contribution in [3.05, 3.63) is 62.9 Å². The van der Waals surface area contributed by atoms with Gasteiger partial charge in [-0.2, -0.15) is 0 Å². The van der Waals surface area contributed by atoms with Crippen molar-refractivity contribution in [1.29, 1.82) is 0 Å². The van der Waals surface area contributed by atoms with Crippen molar-refractivity contribution in [2.75, 3.05) is 0 Å². The van der Waals surface area contributed by atoms with Gasteiger partial charge in [-0.1, -0.05) is 20.3 Å². The molecule has 0 bridgehead atoms. The van der Waals surface area contributed by atoms with E-state index in [1.807, 2.05) is 6.92 Å². The summed E-state index contributed by atoms with van der Waals surface area (Å²) >= 11 is 1.13. The Bertz CT molecular complexity index is 1200. The smallest absolute Gasteiger partial charge is 0.248 e. The molecule has 4 rings (SSSR count). The summed E-state index contributed by atoms with van der Waals surface area (Å²) in [4.78, 5) is 44.6. The van der Waals surface area contributed by atoms with E-state index in [1.165, 1.54) is 22.8 Å². The predicted octanol–water partition coefficient (Wildman–Crippen LogP) is 4.03. The highest BCUT2D eigenvalue weighted by atomic mass is 32.1. The molecule has 3 heterocycles. The number of hydrogen-bond donors (Lipinski definition) is 2. The summed E-state index contributed by atoms with van der Waals surface area (Å²) in [5, 5.41) is 0. The lowest BCUT2D eigenvalue weighted by Crippen LogP contribution is -2.11. The van der Waals surface area contributed by atoms with Gasteiger partial charge in [0.2, 0.25) is 11.6 Å². The molecule has 3 aromatic heterocycles. The molecule has 0 saturated heterocycles. The first-order chi connectivity index (χ1) is 14.0. The molecule has 4 aromatic rings. The van der Waals surface area contributed by atoms with Crippen molar-refractivity contribution in [2.45, 2.75) is 40.0 Å². The van der Waals surface area contributed by atoms with Crippen LogP contribution in [0.3, 0.4) is 0 Å². The van der Waals surface area contributed by atoms with Gasteiger partial charge in [0.15, 0.2) is 11.6 Å². The predicted molar refractivity (Wildman–Crippen MR) is 112 cm³/mol. The minimum Gasteiger partial charge on any atom is -0.342 e. The molecule has 0 fully saturated rings. The van der Waals surface area contributed by atoms with Gasteiger partial charge in [0.05, 0.1) is 16.5 Å². The third-order valence-corrected chi connectivity index (χ3v) is 5.86. The lowest BCUT2D eigenvalue weighted by atomic mass is 9.95. The number of aryl methyl sites for hydroxylation is 2. The molecule has 0 aliphatic rings. The first-order valence-electron chi connectivity index (χ1n) is 9.58. The molecule has 0 atom stereocenters. The van der Waals surface area contributed by atoms with E-state index in [9.17, 15) is 9.59 Å². The van der Waals surface area contributed by atoms with Gasteiger partial charge < -0.3 is 9.97 Å². The Balaban J connectivity index is 1.76. The second-order valence-electron chi connectivity index (χ2n) is 6.85. The topological polar surface area (TPSA) is 104 Å². The first-order valence-corrected chi connectivity index (χ1v) is 10.5. The highest BCUT2D eigenvalue weighted by molar-refractivity contribution is 7.12. The third-order valence-electron chi connectivity index (χ3n) is 5.04. The van der Waals surface area contributed by atoms with Crippen molar-refractivity contribution in [3.63, 3.8) is 0 Å². The number of aromatic nitrogens is 5. The molecule has 0 saturated carbocycles. The summed E-state index contributed by atoms with van der Waals surface area (Å²) in [6, 6.07) is 2.09. The summed E-state index contributed by atoms with van der Waals surface area (Å²) in [6.45, 7) is 6.34. The molecule has 0 aliphatic carbocycles. The molecule has 1 aromatic carbocycles. The number of ketones is 2. The quantitative estimate of drug-likeness (QED) is 0.450. The van der Waals surface area contributed by atoms with Crippen LogP contribution in [0.4, 0.5) is 0 Å². The number of nitrogens with one attached hydrogen (secondary N) is 2. The van der Waals surface area contributed by atoms with Crippen molar-refractivity contribution in [2.24, 2.45) is 0 Å². The van der Waals surface area contributed by atoms with Crippen molar-refractivity contribution < 1.29 is 9.59 Å². The average Bonchev–Trinajstić information content (AvgIpc) is 3.47. The maximum atomic E-state index is 13.1. The van der Waals surface area contributed by atoms with Gasteiger partial charge in [0, 0.05) is 12.4 Å². The minimum atomic E-state index is -0.412. The number of carbonyl (C=O) groups is 2. The van der Waals surface area contributed by atoms with Crippen LogP contribution in [-0.4, -0.2) is 36.5 Å². The molecule has 0 spiro atoms. The van der Waals surface area contributed by atoms with Gasteiger partial charge in [0.25, 0.3) is 0 Å². The normalized spacial score (nSPS) is 11.3. The van der Waals surface area contributed by atoms with E-state index in [0.717, 1.165) is 47.2 Å². The van der Waals surface area contributed by atoms with Crippen molar-refractivity contribution in [1.82, 2.24) is 24.9 Å². The van der Waals surface area contributed by atoms with Crippen LogP contribution in [0.2, 0.25) is 0 Å². The van der Waals surface area contributed by atoms with Crippen LogP contribution >= 0.6 is 11.3 Å². The van der Waals surface area contributed by atoms with Crippen LogP contribution in [0.25, 0.3) is 11.0 Å². The lowest BCUT2D eigenvalue weighted by Gasteiger charge is -2.10. The zero-order chi connectivity index (χ0) is 20.5. The van der Waals surface area contributed by atoms with Gasteiger partial charge in [-0.25, -0.2) is 15.0 Å². The van der Waals surface area contributed by atoms with E-state index in [0.29, 0.717) is 0 Å². The largest absolute Gasteiger partial charge is 0.342 e. The summed E-state index contributed by atoms with van der Waals surface area (Å²) in [5.41, 5.74) is 6.90. The minimum absolute atomic E-state index is 0.0908. The number of hydrogen-bond acceptors (Lipinski definition) is 6. The Morgan fingerprint density at radius 3 is 2.66 bits per heavy atom. The maximum absolute atomic E-state index is 13.1. The van der Waals surface area contributed by atoms with E-state index >= 15 is 0 Å². The molecular weight excluding hydrogens is 386 g/mol. The van der Waals surface area contributed by atoms with Crippen LogP contribution in [0, 0.1) is 6.92 Å². The molecule has 0 amide bonds. The number of carbonyl (C=O) groups excluding carboxylic acids is 2. The zero-order valence-electron chi connectivity index (χ0n) is 16.5. The molecule has 0 radical (unpaired) electrons. The fraction of sp³-hybridized carbons (Fsp3) is 0.286. The lowest BCUT2D eigenvalue weighted by molar-refractivity contribution is 0.0995. The Morgan fingerprint density at radius 1 is 1.14 bits per heavy atom. The Labute approximate surface area is 171 Å². The molecule has 0 aliphatic heterocycles. The molecule has 148 valence electrons. The molecular formula is C21H21N5O2S. The standard InChI is InChI=1S/C21H21N5O2S/c1-4-6-12-9-14-15(11(3)13(12)5-2)26-21(25-14)18(28)19-16(24-10-29-19)17(27)20-22-7-8-23-20/h7-10H,4-6H2,1-3H3,(H,22,23)(H,25,26). The molecule has 0 unspecified atom stereocenters. The number of rotatable bonds is 7. The van der Waals surface area contributed by atoms with Crippen LogP contribution in [0.15, 0.2) is 24.0 Å². The molecule has 29 heavy (non-hydrogen) atoms. The van der Waals surface area contributed by atoms with Crippen molar-refractivity contribution >= 4 is 33.9 Å². The maximum Gasteiger partial charge on any atom is 0.248 e. The second kappa shape index (κ2) is 7.71. The van der Waals surface area contributed by atoms with Gasteiger partial charge >= 0.3 is 0 Å². The van der Waals surface area contributed by atoms with Gasteiger partial charge in [-0.3, -0.25) is 9.59 Å². The van der Waals surface area contributed by atoms with Gasteiger partial charge in [-0.15, -0.1) is 11.3 Å². The van der Waals surface area contributed by atoms with Crippen LogP contribution in [0.5, 0.6) is 0 Å². The first kappa shape index (κ1) is 19.2. The Kier molecular flexibility index (Phi) is 5.10. The second-order valence-corrected chi connectivity index (χ2v) is 7.71. The van der Waals surface area contributed by atoms with E-state index in [4.69, 9.17) is 0 Å². The SMILES string of the molecule is CCCc1cc2[nH]c(C(=O)c3scnc3C(=O)c3ncc[nH]3)nc2c(C)c1CC. The average molecular weight is 407 g/mol. The summed E-state index contributed by atoms with van der Waals surface area (Å²) < 4.78 is 0. The van der Waals surface area contributed by atoms with Crippen LogP contribution in [-0.2, 0) is 12.8 Å². The Morgan fingerprint density at radius 2 is 1.97 bits per heavy atom. The Hall–Kier alpha value is -3.13. The number of nitrogens with zero attached hydrogens (tertiary/aromatic N) is 3. The van der Waals surface area contributed by atoms with E-state index < -0.39 is 5.78 Å². The number of aromatic amines is 2. The summed E-state index contributed by atoms with van der Waals surface area (Å²) in [6.07, 6.45) is 6.00. The monoisotopic (exact) mass is 407 g/mol. The molecule has 8 heteroatoms. The third kappa shape index (κ3) is 3.29. The zero-order valence-corrected chi connectivity index (χ0v) is 17.3. The molecule has 2 N–H and O–H groups in total. The summed E-state index contributed by atoms with van der Waals surface area (Å²) in [5.74, 6) is -0.378. The van der Waals surface area contributed by atoms with Gasteiger partial charge in [-0.05, 0) is 42.5 Å². The summed E-state index contributed by atoms with van der Waals surface area (Å²) in [7, 11) is 0. The van der Waals surface area contributed by atoms with E-state index in [1.54, 1.807) is 6.20 Å². The van der Waals surface area contributed by atoms with Crippen LogP contribution in [0.1, 0.15) is 68.8 Å². The highest BCUT2D eigenvalue weighted by Gasteiger charge is 2.26.